The first-order valence-corrected chi connectivity index (χ1v) is 11.6. The lowest BCUT2D eigenvalue weighted by Crippen LogP contribution is -2.36. The normalized spacial score (nSPS) is 14.4. The van der Waals surface area contributed by atoms with Gasteiger partial charge in [0.25, 0.3) is 0 Å². The highest BCUT2D eigenvalue weighted by atomic mass is 32.1. The van der Waals surface area contributed by atoms with E-state index >= 15 is 0 Å². The Morgan fingerprint density at radius 2 is 1.77 bits per heavy atom. The van der Waals surface area contributed by atoms with Crippen molar-refractivity contribution in [1.29, 1.82) is 0 Å². The number of benzene rings is 2. The van der Waals surface area contributed by atoms with Gasteiger partial charge in [-0.15, -0.1) is 11.3 Å². The number of nitrogens with zero attached hydrogens (tertiary/aromatic N) is 3. The van der Waals surface area contributed by atoms with Gasteiger partial charge in [-0.05, 0) is 41.3 Å². The van der Waals surface area contributed by atoms with E-state index in [9.17, 15) is 0 Å². The minimum absolute atomic E-state index is 0.454. The number of aromatic nitrogens is 2. The molecular formula is C25H26N4OS. The van der Waals surface area contributed by atoms with Crippen molar-refractivity contribution in [3.05, 3.63) is 65.7 Å². The lowest BCUT2D eigenvalue weighted by Gasteiger charge is -2.28. The first kappa shape index (κ1) is 20.0. The van der Waals surface area contributed by atoms with E-state index in [0.29, 0.717) is 11.9 Å². The Morgan fingerprint density at radius 1 is 1.00 bits per heavy atom. The zero-order valence-electron chi connectivity index (χ0n) is 17.8. The lowest BCUT2D eigenvalue weighted by molar-refractivity contribution is 0.122. The van der Waals surface area contributed by atoms with E-state index < -0.39 is 0 Å². The number of fused-ring (bicyclic) bond motifs is 1. The van der Waals surface area contributed by atoms with E-state index in [1.54, 1.807) is 11.3 Å². The molecule has 0 saturated carbocycles. The van der Waals surface area contributed by atoms with E-state index in [2.05, 4.69) is 83.0 Å². The van der Waals surface area contributed by atoms with Crippen LogP contribution in [0.15, 0.2) is 60.1 Å². The summed E-state index contributed by atoms with van der Waals surface area (Å²) in [6, 6.07) is 17.1. The molecule has 2 aromatic heterocycles. The third kappa shape index (κ3) is 4.13. The molecule has 0 radical (unpaired) electrons. The number of hydrogen-bond acceptors (Lipinski definition) is 6. The highest BCUT2D eigenvalue weighted by Gasteiger charge is 2.15. The van der Waals surface area contributed by atoms with Gasteiger partial charge in [0.2, 0.25) is 5.95 Å². The number of anilines is 3. The van der Waals surface area contributed by atoms with Crippen molar-refractivity contribution < 1.29 is 4.74 Å². The number of morpholine rings is 1. The van der Waals surface area contributed by atoms with Gasteiger partial charge in [-0.25, -0.2) is 9.97 Å². The van der Waals surface area contributed by atoms with Crippen LogP contribution < -0.4 is 10.2 Å². The average molecular weight is 431 g/mol. The van der Waals surface area contributed by atoms with E-state index in [4.69, 9.17) is 9.72 Å². The molecule has 1 saturated heterocycles. The highest BCUT2D eigenvalue weighted by Crippen LogP contribution is 2.37. The van der Waals surface area contributed by atoms with Crippen LogP contribution in [0.5, 0.6) is 0 Å². The predicted octanol–water partition coefficient (Wildman–Crippen LogP) is 6.06. The Balaban J connectivity index is 1.42. The molecule has 4 aromatic rings. The molecule has 6 heteroatoms. The second kappa shape index (κ2) is 8.65. The summed E-state index contributed by atoms with van der Waals surface area (Å²) >= 11 is 1.69. The smallest absolute Gasteiger partial charge is 0.227 e. The molecule has 2 aromatic carbocycles. The second-order valence-electron chi connectivity index (χ2n) is 8.07. The van der Waals surface area contributed by atoms with Gasteiger partial charge < -0.3 is 15.0 Å². The van der Waals surface area contributed by atoms with Crippen molar-refractivity contribution >= 4 is 38.9 Å². The summed E-state index contributed by atoms with van der Waals surface area (Å²) in [4.78, 5) is 11.8. The summed E-state index contributed by atoms with van der Waals surface area (Å²) < 4.78 is 6.54. The van der Waals surface area contributed by atoms with Crippen LogP contribution in [-0.4, -0.2) is 36.3 Å². The van der Waals surface area contributed by atoms with E-state index in [1.165, 1.54) is 22.4 Å². The van der Waals surface area contributed by atoms with Gasteiger partial charge >= 0.3 is 0 Å². The summed E-state index contributed by atoms with van der Waals surface area (Å²) in [5.41, 5.74) is 6.97. The molecule has 31 heavy (non-hydrogen) atoms. The molecule has 5 nitrogen and oxygen atoms in total. The summed E-state index contributed by atoms with van der Waals surface area (Å²) in [5, 5.41) is 5.57. The van der Waals surface area contributed by atoms with Crippen LogP contribution in [0.2, 0.25) is 0 Å². The molecule has 5 rings (SSSR count). The molecule has 1 aliphatic heterocycles. The van der Waals surface area contributed by atoms with Gasteiger partial charge in [0.1, 0.15) is 0 Å². The van der Waals surface area contributed by atoms with E-state index in [0.717, 1.165) is 42.2 Å². The lowest BCUT2D eigenvalue weighted by atomic mass is 9.93. The number of rotatable bonds is 5. The van der Waals surface area contributed by atoms with E-state index in [-0.39, 0.29) is 0 Å². The molecule has 3 heterocycles. The summed E-state index contributed by atoms with van der Waals surface area (Å²) in [6.45, 7) is 7.91. The number of ether oxygens (including phenoxy) is 1. The zero-order valence-corrected chi connectivity index (χ0v) is 18.7. The Bertz CT molecular complexity index is 1180. The van der Waals surface area contributed by atoms with Crippen molar-refractivity contribution in [3.8, 4) is 11.1 Å². The minimum atomic E-state index is 0.454. The fourth-order valence-electron chi connectivity index (χ4n) is 4.03. The first-order valence-electron chi connectivity index (χ1n) is 10.7. The second-order valence-corrected chi connectivity index (χ2v) is 8.98. The quantitative estimate of drug-likeness (QED) is 0.417. The molecule has 1 fully saturated rings. The van der Waals surface area contributed by atoms with Gasteiger partial charge in [0.05, 0.1) is 29.6 Å². The predicted molar refractivity (Wildman–Crippen MR) is 130 cm³/mol. The third-order valence-electron chi connectivity index (χ3n) is 5.69. The van der Waals surface area contributed by atoms with Gasteiger partial charge in [-0.1, -0.05) is 38.1 Å². The molecule has 158 valence electrons. The standard InChI is InChI=1S/C25H26N4OS/c1-17(2)20-5-3-4-6-21(20)22-16-31-23-15-26-25(28-24(22)23)27-18-7-9-19(10-8-18)29-11-13-30-14-12-29/h3-10,15-17H,11-14H2,1-2H3,(H,26,27,28). The number of thiophene rings is 1. The van der Waals surface area contributed by atoms with Gasteiger partial charge in [0, 0.05) is 35.4 Å². The largest absolute Gasteiger partial charge is 0.378 e. The number of hydrogen-bond donors (Lipinski definition) is 1. The average Bonchev–Trinajstić information content (AvgIpc) is 3.23. The Morgan fingerprint density at radius 3 is 2.55 bits per heavy atom. The van der Waals surface area contributed by atoms with Gasteiger partial charge in [-0.2, -0.15) is 0 Å². The molecule has 0 bridgehead atoms. The maximum Gasteiger partial charge on any atom is 0.227 e. The fourth-order valence-corrected chi connectivity index (χ4v) is 4.90. The van der Waals surface area contributed by atoms with Gasteiger partial charge in [0.15, 0.2) is 0 Å². The third-order valence-corrected chi connectivity index (χ3v) is 6.59. The van der Waals surface area contributed by atoms with Crippen LogP contribution in [-0.2, 0) is 4.74 Å². The fraction of sp³-hybridized carbons (Fsp3) is 0.280. The highest BCUT2D eigenvalue weighted by molar-refractivity contribution is 7.17. The monoisotopic (exact) mass is 430 g/mol. The summed E-state index contributed by atoms with van der Waals surface area (Å²) in [5.74, 6) is 1.07. The van der Waals surface area contributed by atoms with Crippen LogP contribution in [0.3, 0.4) is 0 Å². The summed E-state index contributed by atoms with van der Waals surface area (Å²) in [7, 11) is 0. The van der Waals surface area contributed by atoms with Crippen molar-refractivity contribution in [2.24, 2.45) is 0 Å². The van der Waals surface area contributed by atoms with Crippen LogP contribution >= 0.6 is 11.3 Å². The van der Waals surface area contributed by atoms with Gasteiger partial charge in [-0.3, -0.25) is 0 Å². The molecule has 0 atom stereocenters. The van der Waals surface area contributed by atoms with Crippen molar-refractivity contribution in [2.45, 2.75) is 19.8 Å². The van der Waals surface area contributed by atoms with Crippen LogP contribution in [0.1, 0.15) is 25.3 Å². The van der Waals surface area contributed by atoms with Crippen LogP contribution in [0.4, 0.5) is 17.3 Å². The molecule has 0 spiro atoms. The van der Waals surface area contributed by atoms with Crippen molar-refractivity contribution in [1.82, 2.24) is 9.97 Å². The topological polar surface area (TPSA) is 50.3 Å². The molecule has 0 unspecified atom stereocenters. The molecular weight excluding hydrogens is 404 g/mol. The van der Waals surface area contributed by atoms with Crippen LogP contribution in [0.25, 0.3) is 21.3 Å². The minimum Gasteiger partial charge on any atom is -0.378 e. The SMILES string of the molecule is CC(C)c1ccccc1-c1csc2cnc(Nc3ccc(N4CCOCC4)cc3)nc12. The Kier molecular flexibility index (Phi) is 5.57. The maximum atomic E-state index is 5.44. The summed E-state index contributed by atoms with van der Waals surface area (Å²) in [6.07, 6.45) is 1.92. The number of nitrogens with one attached hydrogen (secondary N) is 1. The van der Waals surface area contributed by atoms with Crippen molar-refractivity contribution in [3.63, 3.8) is 0 Å². The van der Waals surface area contributed by atoms with E-state index in [1.807, 2.05) is 6.20 Å². The molecule has 0 aliphatic carbocycles. The molecule has 1 aliphatic rings. The maximum absolute atomic E-state index is 5.44. The molecule has 0 amide bonds. The molecule has 1 N–H and O–H groups in total. The van der Waals surface area contributed by atoms with Crippen molar-refractivity contribution in [2.75, 3.05) is 36.5 Å². The Labute approximate surface area is 186 Å². The zero-order chi connectivity index (χ0) is 21.2. The Hall–Kier alpha value is -2.96. The first-order chi connectivity index (χ1) is 15.2. The van der Waals surface area contributed by atoms with Crippen LogP contribution in [0, 0.1) is 0 Å².